The fourth-order valence-electron chi connectivity index (χ4n) is 3.62. The summed E-state index contributed by atoms with van der Waals surface area (Å²) in [5.41, 5.74) is 2.97. The summed E-state index contributed by atoms with van der Waals surface area (Å²) in [6, 6.07) is 24.7. The molecule has 0 fully saturated rings. The zero-order valence-corrected chi connectivity index (χ0v) is 16.6. The van der Waals surface area contributed by atoms with Crippen molar-refractivity contribution in [2.75, 3.05) is 0 Å². The molecule has 0 unspecified atom stereocenters. The maximum atomic E-state index is 12.5. The molecule has 5 aromatic rings. The number of hydrogen-bond donors (Lipinski definition) is 2. The Morgan fingerprint density at radius 1 is 0.935 bits per heavy atom. The van der Waals surface area contributed by atoms with Gasteiger partial charge in [0.15, 0.2) is 0 Å². The highest BCUT2D eigenvalue weighted by molar-refractivity contribution is 5.95. The van der Waals surface area contributed by atoms with Crippen LogP contribution in [0.3, 0.4) is 0 Å². The molecule has 0 aliphatic rings. The normalized spacial score (nSPS) is 11.1. The van der Waals surface area contributed by atoms with E-state index < -0.39 is 0 Å². The average Bonchev–Trinajstić information content (AvgIpc) is 3.22. The van der Waals surface area contributed by atoms with Gasteiger partial charge in [-0.3, -0.25) is 9.59 Å². The summed E-state index contributed by atoms with van der Waals surface area (Å²) in [7, 11) is 0. The highest BCUT2D eigenvalue weighted by atomic mass is 16.2. The second-order valence-electron chi connectivity index (χ2n) is 7.22. The maximum Gasteiger partial charge on any atom is 0.267 e. The van der Waals surface area contributed by atoms with E-state index in [-0.39, 0.29) is 24.6 Å². The summed E-state index contributed by atoms with van der Waals surface area (Å²) in [5, 5.41) is 9.36. The zero-order valence-electron chi connectivity index (χ0n) is 16.6. The van der Waals surface area contributed by atoms with Crippen LogP contribution in [-0.4, -0.2) is 25.7 Å². The molecule has 1 amide bonds. The Balaban J connectivity index is 1.35. The van der Waals surface area contributed by atoms with Crippen molar-refractivity contribution in [3.05, 3.63) is 95.0 Å². The van der Waals surface area contributed by atoms with Gasteiger partial charge in [0, 0.05) is 11.6 Å². The summed E-state index contributed by atoms with van der Waals surface area (Å²) >= 11 is 0. The minimum absolute atomic E-state index is 0.169. The van der Waals surface area contributed by atoms with E-state index in [4.69, 9.17) is 0 Å². The highest BCUT2D eigenvalue weighted by Gasteiger charge is 2.11. The smallest absolute Gasteiger partial charge is 0.267 e. The lowest BCUT2D eigenvalue weighted by atomic mass is 10.0. The molecule has 0 aliphatic heterocycles. The van der Waals surface area contributed by atoms with Crippen LogP contribution in [0.2, 0.25) is 0 Å². The molecule has 2 heterocycles. The van der Waals surface area contributed by atoms with E-state index in [9.17, 15) is 9.59 Å². The number of hydrogen-bond acceptors (Lipinski definition) is 4. The summed E-state index contributed by atoms with van der Waals surface area (Å²) < 4.78 is 1.19. The van der Waals surface area contributed by atoms with Crippen LogP contribution in [0.15, 0.2) is 83.7 Å². The lowest BCUT2D eigenvalue weighted by Crippen LogP contribution is -2.33. The second kappa shape index (κ2) is 7.87. The number of rotatable bonds is 5. The van der Waals surface area contributed by atoms with E-state index in [1.165, 1.54) is 10.7 Å². The lowest BCUT2D eigenvalue weighted by Gasteiger charge is -2.09. The summed E-state index contributed by atoms with van der Waals surface area (Å²) in [4.78, 5) is 32.4. The van der Waals surface area contributed by atoms with Gasteiger partial charge in [0.25, 0.3) is 5.56 Å². The molecule has 7 heteroatoms. The number of aromatic amines is 1. The van der Waals surface area contributed by atoms with Gasteiger partial charge in [-0.15, -0.1) is 0 Å². The van der Waals surface area contributed by atoms with Crippen molar-refractivity contribution < 1.29 is 4.79 Å². The molecule has 2 N–H and O–H groups in total. The number of aromatic nitrogens is 4. The molecule has 0 atom stereocenters. The first-order chi connectivity index (χ1) is 15.2. The van der Waals surface area contributed by atoms with Gasteiger partial charge in [0.2, 0.25) is 5.91 Å². The van der Waals surface area contributed by atoms with Crippen LogP contribution >= 0.6 is 0 Å². The van der Waals surface area contributed by atoms with Crippen LogP contribution in [0, 0.1) is 0 Å². The van der Waals surface area contributed by atoms with E-state index >= 15 is 0 Å². The number of amides is 1. The highest BCUT2D eigenvalue weighted by Crippen LogP contribution is 2.26. The van der Waals surface area contributed by atoms with Gasteiger partial charge in [-0.1, -0.05) is 54.6 Å². The molecular weight excluding hydrogens is 390 g/mol. The van der Waals surface area contributed by atoms with E-state index in [1.807, 2.05) is 66.7 Å². The minimum atomic E-state index is -0.331. The fraction of sp³-hybridized carbons (Fsp3) is 0.0833. The number of para-hydroxylation sites is 2. The maximum absolute atomic E-state index is 12.5. The first-order valence-electron chi connectivity index (χ1n) is 9.94. The van der Waals surface area contributed by atoms with Gasteiger partial charge in [-0.2, -0.15) is 5.10 Å². The van der Waals surface area contributed by atoms with E-state index in [0.29, 0.717) is 11.5 Å². The molecule has 5 rings (SSSR count). The molecule has 3 aromatic carbocycles. The average molecular weight is 409 g/mol. The van der Waals surface area contributed by atoms with Crippen molar-refractivity contribution in [2.45, 2.75) is 13.1 Å². The standard InChI is InChI=1S/C24H19N5O2/c30-23(25-14-22-26-20-10-3-4-11-21(20)27-22)15-29-24(31)13-12-19(28-29)18-9-5-7-16-6-1-2-8-17(16)18/h1-13H,14-15H2,(H,25,30)(H,26,27). The van der Waals surface area contributed by atoms with Crippen LogP contribution in [-0.2, 0) is 17.9 Å². The number of imidazole rings is 1. The van der Waals surface area contributed by atoms with Gasteiger partial charge < -0.3 is 10.3 Å². The zero-order chi connectivity index (χ0) is 21.2. The third-order valence-corrected chi connectivity index (χ3v) is 5.12. The quantitative estimate of drug-likeness (QED) is 0.466. The lowest BCUT2D eigenvalue weighted by molar-refractivity contribution is -0.122. The van der Waals surface area contributed by atoms with Crippen molar-refractivity contribution in [2.24, 2.45) is 0 Å². The molecule has 0 radical (unpaired) electrons. The van der Waals surface area contributed by atoms with E-state index in [1.54, 1.807) is 6.07 Å². The van der Waals surface area contributed by atoms with Crippen molar-refractivity contribution in [1.29, 1.82) is 0 Å². The number of nitrogens with zero attached hydrogens (tertiary/aromatic N) is 3. The third kappa shape index (κ3) is 3.81. The predicted octanol–water partition coefficient (Wildman–Crippen LogP) is 3.26. The number of fused-ring (bicyclic) bond motifs is 2. The number of H-pyrrole nitrogens is 1. The van der Waals surface area contributed by atoms with Crippen molar-refractivity contribution >= 4 is 27.7 Å². The fourth-order valence-corrected chi connectivity index (χ4v) is 3.62. The van der Waals surface area contributed by atoms with Crippen LogP contribution in [0.5, 0.6) is 0 Å². The summed E-state index contributed by atoms with van der Waals surface area (Å²) in [6.45, 7) is 0.0724. The Hall–Kier alpha value is -4.26. The number of carbonyl (C=O) groups is 1. The van der Waals surface area contributed by atoms with E-state index in [2.05, 4.69) is 20.4 Å². The molecule has 152 valence electrons. The predicted molar refractivity (Wildman–Crippen MR) is 119 cm³/mol. The Labute approximate surface area is 177 Å². The van der Waals surface area contributed by atoms with Gasteiger partial charge in [0.05, 0.1) is 23.3 Å². The summed E-state index contributed by atoms with van der Waals surface area (Å²) in [5.74, 6) is 0.337. The van der Waals surface area contributed by atoms with Gasteiger partial charge in [-0.05, 0) is 29.0 Å². The first kappa shape index (κ1) is 18.7. The van der Waals surface area contributed by atoms with Gasteiger partial charge >= 0.3 is 0 Å². The Morgan fingerprint density at radius 3 is 2.65 bits per heavy atom. The largest absolute Gasteiger partial charge is 0.347 e. The molecule has 0 aliphatic carbocycles. The molecule has 0 saturated heterocycles. The van der Waals surface area contributed by atoms with Crippen molar-refractivity contribution in [1.82, 2.24) is 25.1 Å². The molecule has 31 heavy (non-hydrogen) atoms. The minimum Gasteiger partial charge on any atom is -0.347 e. The van der Waals surface area contributed by atoms with Crippen LogP contribution in [0.1, 0.15) is 5.82 Å². The van der Waals surface area contributed by atoms with Crippen molar-refractivity contribution in [3.8, 4) is 11.3 Å². The first-order valence-corrected chi connectivity index (χ1v) is 9.94. The number of carbonyl (C=O) groups excluding carboxylic acids is 1. The van der Waals surface area contributed by atoms with Crippen LogP contribution < -0.4 is 10.9 Å². The summed E-state index contributed by atoms with van der Waals surface area (Å²) in [6.07, 6.45) is 0. The Morgan fingerprint density at radius 2 is 1.74 bits per heavy atom. The molecule has 0 saturated carbocycles. The SMILES string of the molecule is O=C(Cn1nc(-c2cccc3ccccc23)ccc1=O)NCc1nc2ccccc2[nH]1. The second-order valence-corrected chi connectivity index (χ2v) is 7.22. The molecular formula is C24H19N5O2. The monoisotopic (exact) mass is 409 g/mol. The van der Waals surface area contributed by atoms with Crippen LogP contribution in [0.4, 0.5) is 0 Å². The van der Waals surface area contributed by atoms with Crippen LogP contribution in [0.25, 0.3) is 33.1 Å². The molecule has 0 spiro atoms. The van der Waals surface area contributed by atoms with Gasteiger partial charge in [0.1, 0.15) is 12.4 Å². The Bertz CT molecular complexity index is 1430. The van der Waals surface area contributed by atoms with Gasteiger partial charge in [-0.25, -0.2) is 9.67 Å². The Kier molecular flexibility index (Phi) is 4.76. The van der Waals surface area contributed by atoms with E-state index in [0.717, 1.165) is 27.4 Å². The topological polar surface area (TPSA) is 92.7 Å². The van der Waals surface area contributed by atoms with Crippen molar-refractivity contribution in [3.63, 3.8) is 0 Å². The molecule has 2 aromatic heterocycles. The molecule has 7 nitrogen and oxygen atoms in total. The number of nitrogens with one attached hydrogen (secondary N) is 2. The molecule has 0 bridgehead atoms. The number of benzene rings is 3. The third-order valence-electron chi connectivity index (χ3n) is 5.12.